The van der Waals surface area contributed by atoms with E-state index in [1.54, 1.807) is 36.0 Å². The third kappa shape index (κ3) is 3.67. The van der Waals surface area contributed by atoms with Crippen LogP contribution in [0.1, 0.15) is 25.3 Å². The molecule has 164 valence electrons. The first-order valence-corrected chi connectivity index (χ1v) is 12.7. The minimum atomic E-state index is -3.78. The summed E-state index contributed by atoms with van der Waals surface area (Å²) in [5.41, 5.74) is 2.00. The van der Waals surface area contributed by atoms with Crippen LogP contribution in [0.25, 0.3) is 0 Å². The molecular formula is C22H25N3O4S2. The first-order valence-electron chi connectivity index (χ1n) is 10.4. The van der Waals surface area contributed by atoms with Crippen LogP contribution in [0.3, 0.4) is 0 Å². The van der Waals surface area contributed by atoms with Crippen LogP contribution >= 0.6 is 11.8 Å². The van der Waals surface area contributed by atoms with Gasteiger partial charge in [0, 0.05) is 6.20 Å². The Morgan fingerprint density at radius 1 is 1.26 bits per heavy atom. The second kappa shape index (κ2) is 7.88. The minimum absolute atomic E-state index is 0.0276. The quantitative estimate of drug-likeness (QED) is 0.629. The van der Waals surface area contributed by atoms with E-state index >= 15 is 0 Å². The van der Waals surface area contributed by atoms with Crippen molar-refractivity contribution in [3.63, 3.8) is 0 Å². The zero-order chi connectivity index (χ0) is 21.6. The summed E-state index contributed by atoms with van der Waals surface area (Å²) in [6, 6.07) is 6.96. The maximum absolute atomic E-state index is 12.4. The van der Waals surface area contributed by atoms with Crippen molar-refractivity contribution >= 4 is 33.4 Å². The molecule has 0 bridgehead atoms. The van der Waals surface area contributed by atoms with E-state index < -0.39 is 10.1 Å². The zero-order valence-corrected chi connectivity index (χ0v) is 19.1. The van der Waals surface area contributed by atoms with Crippen molar-refractivity contribution in [1.82, 2.24) is 4.90 Å². The zero-order valence-electron chi connectivity index (χ0n) is 17.5. The van der Waals surface area contributed by atoms with Crippen LogP contribution in [0.2, 0.25) is 0 Å². The Kier molecular flexibility index (Phi) is 5.32. The highest BCUT2D eigenvalue weighted by Gasteiger charge is 2.54. The largest absolute Gasteiger partial charge is 0.374 e. The van der Waals surface area contributed by atoms with E-state index in [0.29, 0.717) is 6.61 Å². The summed E-state index contributed by atoms with van der Waals surface area (Å²) in [5, 5.41) is 2.07. The molecule has 1 spiro atoms. The number of benzene rings is 1. The fourth-order valence-electron chi connectivity index (χ4n) is 4.58. The molecule has 5 rings (SSSR count). The van der Waals surface area contributed by atoms with Crippen LogP contribution in [0, 0.1) is 6.92 Å². The van der Waals surface area contributed by atoms with Gasteiger partial charge in [0.2, 0.25) is 0 Å². The van der Waals surface area contributed by atoms with Crippen LogP contribution in [0.15, 0.2) is 62.9 Å². The maximum Gasteiger partial charge on any atom is 0.297 e. The smallest absolute Gasteiger partial charge is 0.297 e. The van der Waals surface area contributed by atoms with Crippen LogP contribution in [0.4, 0.5) is 0 Å². The third-order valence-electron chi connectivity index (χ3n) is 6.18. The van der Waals surface area contributed by atoms with E-state index in [1.165, 1.54) is 0 Å². The Hall–Kier alpha value is -1.94. The highest BCUT2D eigenvalue weighted by atomic mass is 32.2. The van der Waals surface area contributed by atoms with Gasteiger partial charge in [-0.3, -0.25) is 9.18 Å². The molecule has 4 aliphatic rings. The van der Waals surface area contributed by atoms with Gasteiger partial charge in [-0.25, -0.2) is 4.99 Å². The van der Waals surface area contributed by atoms with E-state index in [4.69, 9.17) is 13.9 Å². The molecule has 0 radical (unpaired) electrons. The number of hydrogen-bond acceptors (Lipinski definition) is 8. The van der Waals surface area contributed by atoms with Gasteiger partial charge in [0.15, 0.2) is 4.87 Å². The molecule has 31 heavy (non-hydrogen) atoms. The fraction of sp³-hybridized carbons (Fsp3) is 0.455. The number of ether oxygens (including phenoxy) is 1. The summed E-state index contributed by atoms with van der Waals surface area (Å²) in [6.07, 6.45) is 7.40. The summed E-state index contributed by atoms with van der Waals surface area (Å²) < 4.78 is 36.2. The Balaban J connectivity index is 1.20. The van der Waals surface area contributed by atoms with Crippen LogP contribution in [0.5, 0.6) is 0 Å². The fourth-order valence-corrected chi connectivity index (χ4v) is 6.68. The molecule has 9 heteroatoms. The molecule has 0 aromatic heterocycles. The summed E-state index contributed by atoms with van der Waals surface area (Å²) in [7, 11) is -3.78. The highest BCUT2D eigenvalue weighted by Crippen LogP contribution is 2.47. The molecule has 4 heterocycles. The average Bonchev–Trinajstić information content (AvgIpc) is 3.30. The molecule has 4 aliphatic heterocycles. The van der Waals surface area contributed by atoms with Gasteiger partial charge in [-0.15, -0.1) is 0 Å². The van der Waals surface area contributed by atoms with E-state index in [0.717, 1.165) is 30.0 Å². The van der Waals surface area contributed by atoms with Crippen molar-refractivity contribution < 1.29 is 17.3 Å². The Morgan fingerprint density at radius 3 is 2.81 bits per heavy atom. The molecule has 1 aromatic rings. The number of rotatable bonds is 5. The lowest BCUT2D eigenvalue weighted by atomic mass is 9.96. The van der Waals surface area contributed by atoms with Gasteiger partial charge in [-0.05, 0) is 56.4 Å². The monoisotopic (exact) mass is 459 g/mol. The van der Waals surface area contributed by atoms with Gasteiger partial charge < -0.3 is 9.64 Å². The molecule has 7 nitrogen and oxygen atoms in total. The Labute approximate surface area is 187 Å². The molecule has 1 saturated heterocycles. The third-order valence-corrected chi connectivity index (χ3v) is 8.65. The first kappa shape index (κ1) is 20.9. The second-order valence-electron chi connectivity index (χ2n) is 8.22. The van der Waals surface area contributed by atoms with Crippen molar-refractivity contribution in [2.45, 2.75) is 54.6 Å². The lowest BCUT2D eigenvalue weighted by Gasteiger charge is -2.41. The van der Waals surface area contributed by atoms with Crippen molar-refractivity contribution in [2.75, 3.05) is 13.2 Å². The maximum atomic E-state index is 12.4. The van der Waals surface area contributed by atoms with Gasteiger partial charge in [0.25, 0.3) is 10.1 Å². The predicted octanol–water partition coefficient (Wildman–Crippen LogP) is 3.28. The van der Waals surface area contributed by atoms with E-state index in [-0.39, 0.29) is 34.6 Å². The molecule has 0 amide bonds. The number of nitrogens with zero attached hydrogens (tertiary/aromatic N) is 3. The van der Waals surface area contributed by atoms with Gasteiger partial charge >= 0.3 is 0 Å². The number of aliphatic imine (C=N–C) groups is 2. The molecule has 0 saturated carbocycles. The second-order valence-corrected chi connectivity index (χ2v) is 11.0. The summed E-state index contributed by atoms with van der Waals surface area (Å²) in [6.45, 7) is 4.49. The minimum Gasteiger partial charge on any atom is -0.374 e. The highest BCUT2D eigenvalue weighted by molar-refractivity contribution is 8.04. The summed E-state index contributed by atoms with van der Waals surface area (Å²) >= 11 is 1.71. The van der Waals surface area contributed by atoms with Gasteiger partial charge in [0.05, 0.1) is 47.8 Å². The van der Waals surface area contributed by atoms with Gasteiger partial charge in [0.1, 0.15) is 0 Å². The van der Waals surface area contributed by atoms with E-state index in [9.17, 15) is 8.42 Å². The lowest BCUT2D eigenvalue weighted by Crippen LogP contribution is -2.54. The predicted molar refractivity (Wildman–Crippen MR) is 122 cm³/mol. The Bertz CT molecular complexity index is 1090. The van der Waals surface area contributed by atoms with Crippen LogP contribution in [-0.2, 0) is 19.0 Å². The van der Waals surface area contributed by atoms with Crippen molar-refractivity contribution in [2.24, 2.45) is 9.98 Å². The van der Waals surface area contributed by atoms with Crippen LogP contribution < -0.4 is 0 Å². The lowest BCUT2D eigenvalue weighted by molar-refractivity contribution is -0.0429. The SMILES string of the molecule is CC1=NC23SC=CC2=NC=CC3N1[C@H]1CC[C@H](COS(=O)(=O)c2ccc(C)cc2)OC1. The van der Waals surface area contributed by atoms with Crippen molar-refractivity contribution in [3.8, 4) is 0 Å². The van der Waals surface area contributed by atoms with E-state index in [1.807, 2.05) is 26.1 Å². The number of aryl methyl sites for hydroxylation is 1. The van der Waals surface area contributed by atoms with E-state index in [2.05, 4.69) is 21.4 Å². The normalized spacial score (nSPS) is 31.9. The summed E-state index contributed by atoms with van der Waals surface area (Å²) in [4.78, 5) is 11.6. The van der Waals surface area contributed by atoms with Crippen molar-refractivity contribution in [3.05, 3.63) is 53.6 Å². The van der Waals surface area contributed by atoms with Crippen molar-refractivity contribution in [1.29, 1.82) is 0 Å². The molecule has 1 fully saturated rings. The number of hydrogen-bond donors (Lipinski definition) is 0. The Morgan fingerprint density at radius 2 is 2.06 bits per heavy atom. The molecule has 2 unspecified atom stereocenters. The summed E-state index contributed by atoms with van der Waals surface area (Å²) in [5.74, 6) is 0.991. The van der Waals surface area contributed by atoms with Crippen LogP contribution in [-0.4, -0.2) is 61.1 Å². The molecular weight excluding hydrogens is 434 g/mol. The topological polar surface area (TPSA) is 80.6 Å². The standard InChI is InChI=1S/C22H25N3O4S2/c1-15-3-7-19(8-4-15)31(26,27)29-14-18-6-5-17(13-28-18)25-16(2)24-22-20(10-12-30-22)23-11-9-21(22)25/h3-4,7-12,17-18,21H,5-6,13-14H2,1-2H3/t17-,18+,21?,22?/m0/s1. The average molecular weight is 460 g/mol. The first-order chi connectivity index (χ1) is 14.9. The molecule has 4 atom stereocenters. The molecule has 1 aromatic carbocycles. The number of amidine groups is 1. The molecule has 0 N–H and O–H groups in total. The molecule has 0 aliphatic carbocycles. The number of thioether (sulfide) groups is 1. The van der Waals surface area contributed by atoms with Gasteiger partial charge in [-0.1, -0.05) is 29.5 Å². The van der Waals surface area contributed by atoms with Gasteiger partial charge in [-0.2, -0.15) is 8.42 Å².